The number of nitrogens with one attached hydrogen (secondary N) is 1. The number of hydrogen-bond acceptors (Lipinski definition) is 3. The van der Waals surface area contributed by atoms with Gasteiger partial charge in [-0.25, -0.2) is 0 Å². The number of rotatable bonds is 0. The third-order valence-electron chi connectivity index (χ3n) is 3.65. The van der Waals surface area contributed by atoms with Crippen LogP contribution in [-0.2, 0) is 5.60 Å². The topological polar surface area (TPSA) is 35.5 Å². The van der Waals surface area contributed by atoms with Gasteiger partial charge in [0.1, 0.15) is 11.8 Å². The molecule has 1 aromatic rings. The summed E-state index contributed by atoms with van der Waals surface area (Å²) in [4.78, 5) is 2.14. The molecule has 0 aromatic heterocycles. The number of aliphatic hydroxyl groups is 1. The number of benzene rings is 1. The Morgan fingerprint density at radius 2 is 2.20 bits per heavy atom. The van der Waals surface area contributed by atoms with E-state index in [0.717, 1.165) is 17.7 Å². The number of fused-ring (bicyclic) bond motifs is 3. The highest BCUT2D eigenvalue weighted by molar-refractivity contribution is 5.63. The summed E-state index contributed by atoms with van der Waals surface area (Å²) < 4.78 is 0. The Balaban J connectivity index is 2.16. The maximum absolute atomic E-state index is 10.7. The Kier molecular flexibility index (Phi) is 1.68. The van der Waals surface area contributed by atoms with Gasteiger partial charge in [0.2, 0.25) is 0 Å². The first-order valence-corrected chi connectivity index (χ1v) is 5.44. The number of hydrogen-bond donors (Lipinski definition) is 2. The molecule has 3 heteroatoms. The fourth-order valence-corrected chi connectivity index (χ4v) is 3.02. The van der Waals surface area contributed by atoms with Gasteiger partial charge in [0, 0.05) is 24.3 Å². The molecule has 1 aromatic carbocycles. The van der Waals surface area contributed by atoms with Crippen LogP contribution in [0.1, 0.15) is 18.9 Å². The van der Waals surface area contributed by atoms with Gasteiger partial charge in [0.15, 0.2) is 0 Å². The van der Waals surface area contributed by atoms with E-state index in [-0.39, 0.29) is 6.17 Å². The first-order chi connectivity index (χ1) is 7.13. The molecule has 15 heavy (non-hydrogen) atoms. The normalized spacial score (nSPS) is 37.9. The minimum atomic E-state index is -0.704. The molecule has 1 saturated heterocycles. The van der Waals surface area contributed by atoms with Crippen molar-refractivity contribution in [3.05, 3.63) is 29.8 Å². The van der Waals surface area contributed by atoms with Crippen LogP contribution in [0.2, 0.25) is 0 Å². The van der Waals surface area contributed by atoms with Gasteiger partial charge < -0.3 is 10.0 Å². The fraction of sp³-hybridized carbons (Fsp3) is 0.500. The van der Waals surface area contributed by atoms with E-state index in [4.69, 9.17) is 0 Å². The summed E-state index contributed by atoms with van der Waals surface area (Å²) in [5.41, 5.74) is 1.50. The van der Waals surface area contributed by atoms with Crippen LogP contribution in [0.3, 0.4) is 0 Å². The zero-order valence-corrected chi connectivity index (χ0v) is 9.07. The molecule has 0 spiro atoms. The van der Waals surface area contributed by atoms with Crippen molar-refractivity contribution >= 4 is 5.69 Å². The quantitative estimate of drug-likeness (QED) is 0.662. The Hall–Kier alpha value is -1.06. The van der Waals surface area contributed by atoms with Crippen LogP contribution in [0.5, 0.6) is 0 Å². The van der Waals surface area contributed by atoms with Gasteiger partial charge in [-0.2, -0.15) is 0 Å². The molecule has 2 N–H and O–H groups in total. The number of para-hydroxylation sites is 1. The summed E-state index contributed by atoms with van der Waals surface area (Å²) >= 11 is 0. The van der Waals surface area contributed by atoms with E-state index >= 15 is 0 Å². The lowest BCUT2D eigenvalue weighted by Crippen LogP contribution is -2.46. The predicted octanol–water partition coefficient (Wildman–Crippen LogP) is 1.03. The van der Waals surface area contributed by atoms with Gasteiger partial charge in [0.25, 0.3) is 0 Å². The summed E-state index contributed by atoms with van der Waals surface area (Å²) in [7, 11) is 2.03. The van der Waals surface area contributed by atoms with Crippen LogP contribution in [-0.4, -0.2) is 24.4 Å². The molecular formula is C12H16N2O. The van der Waals surface area contributed by atoms with Gasteiger partial charge >= 0.3 is 0 Å². The van der Waals surface area contributed by atoms with Crippen LogP contribution in [0, 0.1) is 0 Å². The van der Waals surface area contributed by atoms with Gasteiger partial charge in [-0.3, -0.25) is 5.32 Å². The molecule has 0 radical (unpaired) electrons. The minimum absolute atomic E-state index is 0.0323. The van der Waals surface area contributed by atoms with E-state index in [1.54, 1.807) is 0 Å². The van der Waals surface area contributed by atoms with Gasteiger partial charge in [0.05, 0.1) is 0 Å². The highest BCUT2D eigenvalue weighted by Crippen LogP contribution is 2.47. The maximum Gasteiger partial charge on any atom is 0.127 e. The van der Waals surface area contributed by atoms with Crippen molar-refractivity contribution in [3.8, 4) is 0 Å². The van der Waals surface area contributed by atoms with Crippen molar-refractivity contribution < 1.29 is 5.11 Å². The molecule has 1 fully saturated rings. The molecule has 3 nitrogen and oxygen atoms in total. The van der Waals surface area contributed by atoms with Crippen molar-refractivity contribution in [3.63, 3.8) is 0 Å². The van der Waals surface area contributed by atoms with Crippen LogP contribution in [0.15, 0.2) is 24.3 Å². The molecule has 3 rings (SSSR count). The maximum atomic E-state index is 10.7. The van der Waals surface area contributed by atoms with Gasteiger partial charge in [-0.1, -0.05) is 18.2 Å². The van der Waals surface area contributed by atoms with Crippen molar-refractivity contribution in [2.75, 3.05) is 11.9 Å². The molecule has 0 unspecified atom stereocenters. The van der Waals surface area contributed by atoms with E-state index < -0.39 is 5.60 Å². The van der Waals surface area contributed by atoms with Crippen molar-refractivity contribution in [1.29, 1.82) is 0 Å². The second-order valence-corrected chi connectivity index (χ2v) is 4.73. The smallest absolute Gasteiger partial charge is 0.127 e. The van der Waals surface area contributed by atoms with Crippen molar-refractivity contribution in [2.45, 2.75) is 31.2 Å². The second-order valence-electron chi connectivity index (χ2n) is 4.73. The zero-order chi connectivity index (χ0) is 10.6. The Labute approximate surface area is 89.7 Å². The van der Waals surface area contributed by atoms with E-state index in [2.05, 4.69) is 23.2 Å². The number of anilines is 1. The molecule has 80 valence electrons. The highest BCUT2D eigenvalue weighted by atomic mass is 16.3. The lowest BCUT2D eigenvalue weighted by molar-refractivity contribution is 0.0339. The molecule has 2 heterocycles. The van der Waals surface area contributed by atoms with Crippen molar-refractivity contribution in [2.24, 2.45) is 0 Å². The van der Waals surface area contributed by atoms with Crippen molar-refractivity contribution in [1.82, 2.24) is 5.32 Å². The summed E-state index contributed by atoms with van der Waals surface area (Å²) in [6.07, 6.45) is 0.823. The summed E-state index contributed by atoms with van der Waals surface area (Å²) in [6.45, 7) is 2.12. The van der Waals surface area contributed by atoms with E-state index in [9.17, 15) is 5.11 Å². The molecular weight excluding hydrogens is 188 g/mol. The van der Waals surface area contributed by atoms with E-state index in [1.807, 2.05) is 25.2 Å². The average Bonchev–Trinajstić information content (AvgIpc) is 2.62. The SMILES string of the molecule is C[C@@H]1C[C@@]2(O)c3ccccc3N(C)[C@H]2N1. The standard InChI is InChI=1S/C12H16N2O/c1-8-7-12(15)9-5-3-4-6-10(9)14(2)11(12)13-8/h3-6,8,11,13,15H,7H2,1-2H3/t8-,11-,12-/m1/s1. The molecule has 0 saturated carbocycles. The lowest BCUT2D eigenvalue weighted by atomic mass is 9.91. The van der Waals surface area contributed by atoms with Gasteiger partial charge in [-0.05, 0) is 19.4 Å². The van der Waals surface area contributed by atoms with Crippen LogP contribution in [0.4, 0.5) is 5.69 Å². The summed E-state index contributed by atoms with van der Waals surface area (Å²) in [6, 6.07) is 8.48. The van der Waals surface area contributed by atoms with Crippen LogP contribution in [0.25, 0.3) is 0 Å². The van der Waals surface area contributed by atoms with E-state index in [0.29, 0.717) is 6.04 Å². The minimum Gasteiger partial charge on any atom is -0.381 e. The molecule has 3 atom stereocenters. The third-order valence-corrected chi connectivity index (χ3v) is 3.65. The average molecular weight is 204 g/mol. The number of nitrogens with zero attached hydrogens (tertiary/aromatic N) is 1. The predicted molar refractivity (Wildman–Crippen MR) is 59.7 cm³/mol. The summed E-state index contributed by atoms with van der Waals surface area (Å²) in [5.74, 6) is 0. The number of likely N-dealkylation sites (N-methyl/N-ethyl adjacent to an activating group) is 1. The summed E-state index contributed by atoms with van der Waals surface area (Å²) in [5, 5.41) is 14.1. The molecule has 2 aliphatic rings. The van der Waals surface area contributed by atoms with Gasteiger partial charge in [-0.15, -0.1) is 0 Å². The Bertz CT molecular complexity index is 406. The molecule has 2 aliphatic heterocycles. The zero-order valence-electron chi connectivity index (χ0n) is 9.07. The molecule has 0 bridgehead atoms. The largest absolute Gasteiger partial charge is 0.381 e. The monoisotopic (exact) mass is 204 g/mol. The first kappa shape index (κ1) is 9.19. The molecule has 0 amide bonds. The van der Waals surface area contributed by atoms with E-state index in [1.165, 1.54) is 0 Å². The first-order valence-electron chi connectivity index (χ1n) is 5.44. The second kappa shape index (κ2) is 2.74. The highest BCUT2D eigenvalue weighted by Gasteiger charge is 2.53. The Morgan fingerprint density at radius 1 is 1.47 bits per heavy atom. The molecule has 0 aliphatic carbocycles. The van der Waals surface area contributed by atoms with Crippen LogP contribution < -0.4 is 10.2 Å². The lowest BCUT2D eigenvalue weighted by Gasteiger charge is -2.26. The fourth-order valence-electron chi connectivity index (χ4n) is 3.02. The van der Waals surface area contributed by atoms with Crippen LogP contribution >= 0.6 is 0 Å². The third kappa shape index (κ3) is 1.02. The Morgan fingerprint density at radius 3 is 3.00 bits per heavy atom.